The fourth-order valence-electron chi connectivity index (χ4n) is 4.00. The Bertz CT molecular complexity index is 1640. The number of esters is 1. The van der Waals surface area contributed by atoms with Gasteiger partial charge < -0.3 is 14.5 Å². The maximum atomic E-state index is 13.5. The van der Waals surface area contributed by atoms with E-state index in [1.807, 2.05) is 62.4 Å². The Hall–Kier alpha value is -3.94. The standard InChI is InChI=1S/C28H21ClN2O4S/c1-15-16(2)36-27(25(15)28(33)34-3)31-26(32)19-14-22(30-21-11-7-5-8-17(19)21)24-13-12-23(35-24)18-9-4-6-10-20(18)29/h4-14H,1-3H3,(H,31,32). The van der Waals surface area contributed by atoms with Crippen LogP contribution in [0.4, 0.5) is 5.00 Å². The number of halogens is 1. The lowest BCUT2D eigenvalue weighted by atomic mass is 10.1. The molecule has 5 aromatic rings. The van der Waals surface area contributed by atoms with E-state index in [2.05, 4.69) is 5.32 Å². The van der Waals surface area contributed by atoms with Gasteiger partial charge in [0.05, 0.1) is 28.8 Å². The van der Waals surface area contributed by atoms with Gasteiger partial charge in [-0.05, 0) is 55.8 Å². The van der Waals surface area contributed by atoms with Crippen LogP contribution in [0, 0.1) is 13.8 Å². The van der Waals surface area contributed by atoms with Gasteiger partial charge in [-0.25, -0.2) is 9.78 Å². The van der Waals surface area contributed by atoms with Crippen molar-refractivity contribution in [1.29, 1.82) is 0 Å². The molecular formula is C28H21ClN2O4S. The second-order valence-electron chi connectivity index (χ2n) is 8.15. The third-order valence-corrected chi connectivity index (χ3v) is 7.41. The summed E-state index contributed by atoms with van der Waals surface area (Å²) in [6.07, 6.45) is 0. The topological polar surface area (TPSA) is 81.4 Å². The van der Waals surface area contributed by atoms with Crippen molar-refractivity contribution in [2.24, 2.45) is 0 Å². The predicted octanol–water partition coefficient (Wildman–Crippen LogP) is 7.53. The number of carbonyl (C=O) groups is 2. The number of furan rings is 1. The molecule has 0 radical (unpaired) electrons. The molecule has 0 atom stereocenters. The van der Waals surface area contributed by atoms with Crippen LogP contribution in [0.5, 0.6) is 0 Å². The normalized spacial score (nSPS) is 11.0. The van der Waals surface area contributed by atoms with E-state index >= 15 is 0 Å². The molecule has 2 aromatic carbocycles. The van der Waals surface area contributed by atoms with Crippen LogP contribution in [0.1, 0.15) is 31.2 Å². The molecule has 0 fully saturated rings. The van der Waals surface area contributed by atoms with Crippen LogP contribution in [0.2, 0.25) is 5.02 Å². The number of nitrogens with one attached hydrogen (secondary N) is 1. The van der Waals surface area contributed by atoms with Crippen LogP contribution < -0.4 is 5.32 Å². The third-order valence-electron chi connectivity index (χ3n) is 5.96. The molecule has 1 amide bonds. The van der Waals surface area contributed by atoms with Gasteiger partial charge in [-0.15, -0.1) is 11.3 Å². The number of aryl methyl sites for hydroxylation is 1. The summed E-state index contributed by atoms with van der Waals surface area (Å²) in [4.78, 5) is 31.6. The number of ether oxygens (including phenoxy) is 1. The number of anilines is 1. The molecular weight excluding hydrogens is 496 g/mol. The van der Waals surface area contributed by atoms with Gasteiger partial charge >= 0.3 is 5.97 Å². The number of carbonyl (C=O) groups excluding carboxylic acids is 2. The second-order valence-corrected chi connectivity index (χ2v) is 9.78. The first kappa shape index (κ1) is 23.8. The largest absolute Gasteiger partial charge is 0.465 e. The number of fused-ring (bicyclic) bond motifs is 1. The van der Waals surface area contributed by atoms with Gasteiger partial charge in [0.2, 0.25) is 0 Å². The Labute approximate surface area is 216 Å². The van der Waals surface area contributed by atoms with Gasteiger partial charge in [0, 0.05) is 15.8 Å². The number of hydrogen-bond donors (Lipinski definition) is 1. The van der Waals surface area contributed by atoms with Gasteiger partial charge in [-0.2, -0.15) is 0 Å². The molecule has 6 nitrogen and oxygen atoms in total. The molecule has 5 rings (SSSR count). The van der Waals surface area contributed by atoms with Gasteiger partial charge in [0.1, 0.15) is 16.5 Å². The number of benzene rings is 2. The molecule has 8 heteroatoms. The first-order valence-electron chi connectivity index (χ1n) is 11.1. The zero-order valence-corrected chi connectivity index (χ0v) is 21.3. The SMILES string of the molecule is COC(=O)c1c(NC(=O)c2cc(-c3ccc(-c4ccccc4Cl)o3)nc3ccccc23)sc(C)c1C. The van der Waals surface area contributed by atoms with E-state index in [-0.39, 0.29) is 5.91 Å². The average Bonchev–Trinajstić information content (AvgIpc) is 3.48. The number of rotatable bonds is 5. The summed E-state index contributed by atoms with van der Waals surface area (Å²) >= 11 is 7.67. The van der Waals surface area contributed by atoms with Gasteiger partial charge in [-0.3, -0.25) is 4.79 Å². The Balaban J connectivity index is 1.57. The fraction of sp³-hybridized carbons (Fsp3) is 0.107. The summed E-state index contributed by atoms with van der Waals surface area (Å²) in [6, 6.07) is 20.1. The highest BCUT2D eigenvalue weighted by atomic mass is 35.5. The smallest absolute Gasteiger partial charge is 0.341 e. The van der Waals surface area contributed by atoms with Crippen molar-refractivity contribution in [3.8, 4) is 22.8 Å². The number of aromatic nitrogens is 1. The molecule has 0 aliphatic heterocycles. The Kier molecular flexibility index (Phi) is 6.35. The lowest BCUT2D eigenvalue weighted by Crippen LogP contribution is -2.15. The Morgan fingerprint density at radius 3 is 2.50 bits per heavy atom. The molecule has 0 saturated heterocycles. The number of para-hydroxylation sites is 1. The highest BCUT2D eigenvalue weighted by Gasteiger charge is 2.23. The van der Waals surface area contributed by atoms with Crippen LogP contribution in [0.15, 0.2) is 71.1 Å². The minimum Gasteiger partial charge on any atom is -0.465 e. The molecule has 36 heavy (non-hydrogen) atoms. The van der Waals surface area contributed by atoms with Crippen molar-refractivity contribution < 1.29 is 18.7 Å². The van der Waals surface area contributed by atoms with Crippen molar-refractivity contribution in [3.05, 3.63) is 93.3 Å². The molecule has 1 N–H and O–H groups in total. The van der Waals surface area contributed by atoms with Crippen LogP contribution in [0.25, 0.3) is 33.7 Å². The molecule has 0 aliphatic rings. The molecule has 0 bridgehead atoms. The number of amides is 1. The average molecular weight is 517 g/mol. The Morgan fingerprint density at radius 2 is 1.72 bits per heavy atom. The number of nitrogens with zero attached hydrogens (tertiary/aromatic N) is 1. The zero-order chi connectivity index (χ0) is 25.4. The predicted molar refractivity (Wildman–Crippen MR) is 143 cm³/mol. The van der Waals surface area contributed by atoms with Crippen molar-refractivity contribution in [2.45, 2.75) is 13.8 Å². The molecule has 3 heterocycles. The van der Waals surface area contributed by atoms with Crippen LogP contribution in [-0.4, -0.2) is 24.0 Å². The number of hydrogen-bond acceptors (Lipinski definition) is 6. The molecule has 180 valence electrons. The zero-order valence-electron chi connectivity index (χ0n) is 19.7. The van der Waals surface area contributed by atoms with Crippen LogP contribution in [-0.2, 0) is 4.74 Å². The first-order valence-corrected chi connectivity index (χ1v) is 12.3. The van der Waals surface area contributed by atoms with Crippen LogP contribution in [0.3, 0.4) is 0 Å². The highest BCUT2D eigenvalue weighted by Crippen LogP contribution is 2.35. The van der Waals surface area contributed by atoms with Gasteiger partial charge in [0.25, 0.3) is 5.91 Å². The van der Waals surface area contributed by atoms with E-state index < -0.39 is 5.97 Å². The number of pyridine rings is 1. The minimum absolute atomic E-state index is 0.362. The van der Waals surface area contributed by atoms with E-state index in [0.29, 0.717) is 49.3 Å². The fourth-order valence-corrected chi connectivity index (χ4v) is 5.28. The first-order chi connectivity index (χ1) is 17.4. The lowest BCUT2D eigenvalue weighted by Gasteiger charge is -2.10. The quantitative estimate of drug-likeness (QED) is 0.244. The molecule has 0 unspecified atom stereocenters. The molecule has 3 aromatic heterocycles. The van der Waals surface area contributed by atoms with Gasteiger partial charge in [-0.1, -0.05) is 41.9 Å². The van der Waals surface area contributed by atoms with E-state index in [1.54, 1.807) is 18.2 Å². The summed E-state index contributed by atoms with van der Waals surface area (Å²) in [6.45, 7) is 3.73. The van der Waals surface area contributed by atoms with Crippen molar-refractivity contribution >= 4 is 50.7 Å². The second kappa shape index (κ2) is 9.60. The van der Waals surface area contributed by atoms with Crippen LogP contribution >= 0.6 is 22.9 Å². The molecule has 0 spiro atoms. The third kappa shape index (κ3) is 4.27. The summed E-state index contributed by atoms with van der Waals surface area (Å²) in [5.74, 6) is 0.251. The summed E-state index contributed by atoms with van der Waals surface area (Å²) in [5, 5.41) is 4.62. The highest BCUT2D eigenvalue weighted by molar-refractivity contribution is 7.16. The van der Waals surface area contributed by atoms with E-state index in [9.17, 15) is 9.59 Å². The number of thiophene rings is 1. The molecule has 0 aliphatic carbocycles. The Morgan fingerprint density at radius 1 is 1.00 bits per heavy atom. The monoisotopic (exact) mass is 516 g/mol. The van der Waals surface area contributed by atoms with E-state index in [1.165, 1.54) is 18.4 Å². The molecule has 0 saturated carbocycles. The van der Waals surface area contributed by atoms with Crippen molar-refractivity contribution in [3.63, 3.8) is 0 Å². The van der Waals surface area contributed by atoms with Crippen molar-refractivity contribution in [1.82, 2.24) is 4.98 Å². The number of methoxy groups -OCH3 is 1. The minimum atomic E-state index is -0.491. The van der Waals surface area contributed by atoms with E-state index in [4.69, 9.17) is 25.7 Å². The summed E-state index contributed by atoms with van der Waals surface area (Å²) < 4.78 is 11.0. The lowest BCUT2D eigenvalue weighted by molar-refractivity contribution is 0.0601. The van der Waals surface area contributed by atoms with Crippen molar-refractivity contribution in [2.75, 3.05) is 12.4 Å². The van der Waals surface area contributed by atoms with E-state index in [0.717, 1.165) is 16.0 Å². The van der Waals surface area contributed by atoms with Gasteiger partial charge in [0.15, 0.2) is 5.76 Å². The maximum Gasteiger partial charge on any atom is 0.341 e. The maximum absolute atomic E-state index is 13.5. The summed E-state index contributed by atoms with van der Waals surface area (Å²) in [7, 11) is 1.32. The summed E-state index contributed by atoms with van der Waals surface area (Å²) in [5.41, 5.74) is 3.47.